The Bertz CT molecular complexity index is 1120. The second-order valence-corrected chi connectivity index (χ2v) is 8.46. The summed E-state index contributed by atoms with van der Waals surface area (Å²) in [6, 6.07) is 2.27. The van der Waals surface area contributed by atoms with Gasteiger partial charge in [-0.25, -0.2) is 4.98 Å². The lowest BCUT2D eigenvalue weighted by Gasteiger charge is -2.33. The summed E-state index contributed by atoms with van der Waals surface area (Å²) in [6.07, 6.45) is 4.96. The van der Waals surface area contributed by atoms with Gasteiger partial charge in [-0.05, 0) is 32.4 Å². The molecule has 0 radical (unpaired) electrons. The highest BCUT2D eigenvalue weighted by molar-refractivity contribution is 5.66. The van der Waals surface area contributed by atoms with Crippen LogP contribution in [0.2, 0.25) is 0 Å². The number of nitrogens with zero attached hydrogens (tertiary/aromatic N) is 7. The van der Waals surface area contributed by atoms with Crippen LogP contribution in [0.3, 0.4) is 0 Å². The Balaban J connectivity index is 1.47. The summed E-state index contributed by atoms with van der Waals surface area (Å²) in [7, 11) is 1.95. The molecule has 0 saturated carbocycles. The highest BCUT2D eigenvalue weighted by atomic mass is 16.5. The molecule has 31 heavy (non-hydrogen) atoms. The molecule has 0 spiro atoms. The molecule has 8 heteroatoms. The quantitative estimate of drug-likeness (QED) is 0.646. The average molecular weight is 420 g/mol. The lowest BCUT2D eigenvalue weighted by atomic mass is 10.0. The van der Waals surface area contributed by atoms with E-state index in [1.807, 2.05) is 24.9 Å². The predicted molar refractivity (Wildman–Crippen MR) is 120 cm³/mol. The van der Waals surface area contributed by atoms with Crippen LogP contribution in [-0.4, -0.2) is 57.6 Å². The molecule has 162 valence electrons. The van der Waals surface area contributed by atoms with Gasteiger partial charge in [-0.1, -0.05) is 0 Å². The molecule has 5 rings (SSSR count). The van der Waals surface area contributed by atoms with Gasteiger partial charge >= 0.3 is 0 Å². The average Bonchev–Trinajstić information content (AvgIpc) is 3.13. The number of hydrogen-bond donors (Lipinski definition) is 0. The van der Waals surface area contributed by atoms with Crippen LogP contribution in [0, 0.1) is 20.8 Å². The van der Waals surface area contributed by atoms with Crippen LogP contribution in [0.25, 0.3) is 11.1 Å². The third kappa shape index (κ3) is 3.76. The van der Waals surface area contributed by atoms with Gasteiger partial charge in [0.1, 0.15) is 5.82 Å². The maximum absolute atomic E-state index is 5.50. The molecule has 0 amide bonds. The number of morpholine rings is 1. The Hall–Kier alpha value is -3.00. The van der Waals surface area contributed by atoms with E-state index >= 15 is 0 Å². The first-order valence-electron chi connectivity index (χ1n) is 10.9. The molecule has 3 aromatic rings. The molecule has 0 aromatic carbocycles. The van der Waals surface area contributed by atoms with Gasteiger partial charge in [0.2, 0.25) is 5.95 Å². The van der Waals surface area contributed by atoms with Crippen molar-refractivity contribution in [3.63, 3.8) is 0 Å². The number of hydrogen-bond acceptors (Lipinski definition) is 7. The van der Waals surface area contributed by atoms with E-state index in [-0.39, 0.29) is 0 Å². The van der Waals surface area contributed by atoms with E-state index in [4.69, 9.17) is 19.7 Å². The van der Waals surface area contributed by atoms with E-state index < -0.39 is 0 Å². The monoisotopic (exact) mass is 419 g/mol. The summed E-state index contributed by atoms with van der Waals surface area (Å²) in [5.41, 5.74) is 7.90. The van der Waals surface area contributed by atoms with Gasteiger partial charge in [0.15, 0.2) is 0 Å². The molecule has 0 unspecified atom stereocenters. The summed E-state index contributed by atoms with van der Waals surface area (Å²) in [5.74, 6) is 1.84. The number of fused-ring (bicyclic) bond motifs is 1. The minimum atomic E-state index is 0.727. The normalized spacial score (nSPS) is 16.5. The van der Waals surface area contributed by atoms with Gasteiger partial charge in [0.25, 0.3) is 0 Å². The van der Waals surface area contributed by atoms with Gasteiger partial charge in [-0.3, -0.25) is 9.67 Å². The van der Waals surface area contributed by atoms with Crippen LogP contribution in [0.15, 0.2) is 18.5 Å². The number of pyridine rings is 1. The number of rotatable bonds is 3. The summed E-state index contributed by atoms with van der Waals surface area (Å²) in [6.45, 7) is 11.1. The Morgan fingerprint density at radius 2 is 1.77 bits per heavy atom. The Morgan fingerprint density at radius 3 is 2.52 bits per heavy atom. The molecule has 8 nitrogen and oxygen atoms in total. The van der Waals surface area contributed by atoms with Crippen LogP contribution in [-0.2, 0) is 24.8 Å². The maximum atomic E-state index is 5.50. The lowest BCUT2D eigenvalue weighted by molar-refractivity contribution is 0.122. The van der Waals surface area contributed by atoms with Crippen molar-refractivity contribution in [3.05, 3.63) is 46.7 Å². The Labute approximate surface area is 182 Å². The first-order valence-corrected chi connectivity index (χ1v) is 10.9. The Morgan fingerprint density at radius 1 is 0.968 bits per heavy atom. The summed E-state index contributed by atoms with van der Waals surface area (Å²) >= 11 is 0. The van der Waals surface area contributed by atoms with Crippen LogP contribution in [0.1, 0.15) is 28.2 Å². The highest BCUT2D eigenvalue weighted by Crippen LogP contribution is 2.30. The molecule has 0 N–H and O–H groups in total. The minimum Gasteiger partial charge on any atom is -0.378 e. The molecule has 3 aromatic heterocycles. The highest BCUT2D eigenvalue weighted by Gasteiger charge is 2.24. The first kappa shape index (κ1) is 19.9. The number of aryl methyl sites for hydroxylation is 3. The van der Waals surface area contributed by atoms with Crippen molar-refractivity contribution < 1.29 is 4.74 Å². The van der Waals surface area contributed by atoms with Crippen molar-refractivity contribution >= 4 is 11.8 Å². The van der Waals surface area contributed by atoms with E-state index in [0.29, 0.717) is 0 Å². The zero-order valence-corrected chi connectivity index (χ0v) is 18.7. The van der Waals surface area contributed by atoms with Gasteiger partial charge in [0.05, 0.1) is 18.9 Å². The standard InChI is InChI=1S/C23H29N7O/c1-15-16(2)25-23(29-7-9-31-10-8-29)26-22(15)30-6-5-21-19(13-30)11-18(12-24-21)20-14-28(4)27-17(20)3/h11-12,14H,5-10,13H2,1-4H3. The number of ether oxygens (including phenoxy) is 1. The summed E-state index contributed by atoms with van der Waals surface area (Å²) in [4.78, 5) is 19.2. The second-order valence-electron chi connectivity index (χ2n) is 8.46. The minimum absolute atomic E-state index is 0.727. The zero-order valence-electron chi connectivity index (χ0n) is 18.7. The molecule has 1 saturated heterocycles. The van der Waals surface area contributed by atoms with E-state index in [1.165, 1.54) is 11.3 Å². The molecule has 5 heterocycles. The molecule has 0 aliphatic carbocycles. The van der Waals surface area contributed by atoms with Crippen molar-refractivity contribution in [2.24, 2.45) is 7.05 Å². The van der Waals surface area contributed by atoms with Crippen molar-refractivity contribution in [1.29, 1.82) is 0 Å². The fourth-order valence-corrected chi connectivity index (χ4v) is 4.45. The second kappa shape index (κ2) is 7.92. The van der Waals surface area contributed by atoms with Crippen LogP contribution < -0.4 is 9.80 Å². The van der Waals surface area contributed by atoms with E-state index in [1.54, 1.807) is 0 Å². The molecule has 2 aliphatic rings. The van der Waals surface area contributed by atoms with Gasteiger partial charge in [-0.15, -0.1) is 0 Å². The summed E-state index contributed by atoms with van der Waals surface area (Å²) in [5, 5.41) is 4.49. The zero-order chi connectivity index (χ0) is 21.5. The van der Waals surface area contributed by atoms with Crippen molar-refractivity contribution in [1.82, 2.24) is 24.7 Å². The summed E-state index contributed by atoms with van der Waals surface area (Å²) < 4.78 is 7.36. The Kier molecular flexibility index (Phi) is 5.09. The fraction of sp³-hybridized carbons (Fsp3) is 0.478. The van der Waals surface area contributed by atoms with E-state index in [9.17, 15) is 0 Å². The third-order valence-corrected chi connectivity index (χ3v) is 6.31. The largest absolute Gasteiger partial charge is 0.378 e. The van der Waals surface area contributed by atoms with Crippen LogP contribution >= 0.6 is 0 Å². The van der Waals surface area contributed by atoms with Crippen molar-refractivity contribution in [2.75, 3.05) is 42.6 Å². The SMILES string of the molecule is Cc1nn(C)cc1-c1cnc2c(c1)CN(c1nc(N3CCOCC3)nc(C)c1C)CC2. The predicted octanol–water partition coefficient (Wildman–Crippen LogP) is 2.60. The van der Waals surface area contributed by atoms with Gasteiger partial charge in [0, 0.05) is 80.1 Å². The lowest BCUT2D eigenvalue weighted by Crippen LogP contribution is -2.38. The third-order valence-electron chi connectivity index (χ3n) is 6.31. The maximum Gasteiger partial charge on any atom is 0.227 e. The number of aromatic nitrogens is 5. The van der Waals surface area contributed by atoms with E-state index in [2.05, 4.69) is 41.0 Å². The van der Waals surface area contributed by atoms with Crippen molar-refractivity contribution in [3.8, 4) is 11.1 Å². The molecule has 0 atom stereocenters. The molecule has 0 bridgehead atoms. The molecular formula is C23H29N7O. The molecule has 1 fully saturated rings. The fourth-order valence-electron chi connectivity index (χ4n) is 4.45. The first-order chi connectivity index (χ1) is 15.0. The van der Waals surface area contributed by atoms with Crippen molar-refractivity contribution in [2.45, 2.75) is 33.7 Å². The molecule has 2 aliphatic heterocycles. The topological polar surface area (TPSA) is 72.2 Å². The smallest absolute Gasteiger partial charge is 0.227 e. The molecular weight excluding hydrogens is 390 g/mol. The van der Waals surface area contributed by atoms with Gasteiger partial charge in [-0.2, -0.15) is 10.1 Å². The van der Waals surface area contributed by atoms with Gasteiger partial charge < -0.3 is 14.5 Å². The number of anilines is 2. The van der Waals surface area contributed by atoms with Crippen LogP contribution in [0.5, 0.6) is 0 Å². The van der Waals surface area contributed by atoms with E-state index in [0.717, 1.165) is 85.7 Å². The van der Waals surface area contributed by atoms with Crippen LogP contribution in [0.4, 0.5) is 11.8 Å².